The number of aromatic nitrogens is 2. The minimum Gasteiger partial charge on any atom is -0.492 e. The lowest BCUT2D eigenvalue weighted by Crippen LogP contribution is -2.38. The minimum atomic E-state index is 0.133. The van der Waals surface area contributed by atoms with Crippen LogP contribution in [0.2, 0.25) is 0 Å². The molecule has 2 saturated heterocycles. The van der Waals surface area contributed by atoms with Gasteiger partial charge in [-0.2, -0.15) is 0 Å². The van der Waals surface area contributed by atoms with Crippen molar-refractivity contribution in [1.82, 2.24) is 25.7 Å². The van der Waals surface area contributed by atoms with E-state index < -0.39 is 0 Å². The quantitative estimate of drug-likeness (QED) is 0.596. The van der Waals surface area contributed by atoms with Gasteiger partial charge >= 0.3 is 0 Å². The van der Waals surface area contributed by atoms with Gasteiger partial charge in [-0.3, -0.25) is 20.3 Å². The van der Waals surface area contributed by atoms with Crippen molar-refractivity contribution in [3.05, 3.63) is 78.2 Å². The van der Waals surface area contributed by atoms with Gasteiger partial charge in [0.15, 0.2) is 0 Å². The molecule has 0 saturated carbocycles. The summed E-state index contributed by atoms with van der Waals surface area (Å²) in [5.41, 5.74) is 11.0. The predicted octanol–water partition coefficient (Wildman–Crippen LogP) is 2.79. The van der Waals surface area contributed by atoms with Crippen LogP contribution in [0.3, 0.4) is 0 Å². The molecule has 0 bridgehead atoms. The number of benzene rings is 1. The number of ether oxygens (including phenoxy) is 2. The van der Waals surface area contributed by atoms with E-state index in [1.165, 1.54) is 5.56 Å². The first kappa shape index (κ1) is 21.0. The first-order chi connectivity index (χ1) is 15.9. The summed E-state index contributed by atoms with van der Waals surface area (Å²) in [6.45, 7) is 6.06. The number of morpholine rings is 1. The molecule has 0 spiro atoms. The van der Waals surface area contributed by atoms with Gasteiger partial charge in [0.1, 0.15) is 12.4 Å². The molecule has 1 aromatic carbocycles. The number of hydrazine groups is 1. The molecular weight excluding hydrogens is 402 g/mol. The molecular formula is C25H29N5O2. The third kappa shape index (κ3) is 4.97. The second kappa shape index (κ2) is 10.2. The number of hydrogen-bond donors (Lipinski definition) is 2. The van der Waals surface area contributed by atoms with Gasteiger partial charge in [-0.25, -0.2) is 5.43 Å². The second-order valence-corrected chi connectivity index (χ2v) is 8.17. The van der Waals surface area contributed by atoms with E-state index in [9.17, 15) is 0 Å². The zero-order chi connectivity index (χ0) is 21.6. The molecule has 2 atom stereocenters. The Labute approximate surface area is 188 Å². The highest BCUT2D eigenvalue weighted by atomic mass is 16.5. The van der Waals surface area contributed by atoms with Crippen LogP contribution < -0.4 is 15.6 Å². The third-order valence-corrected chi connectivity index (χ3v) is 6.13. The smallest absolute Gasteiger partial charge is 0.119 e. The maximum absolute atomic E-state index is 5.94. The van der Waals surface area contributed by atoms with Crippen molar-refractivity contribution in [1.29, 1.82) is 0 Å². The van der Waals surface area contributed by atoms with Gasteiger partial charge in [-0.15, -0.1) is 0 Å². The lowest BCUT2D eigenvalue weighted by molar-refractivity contribution is 0.0322. The lowest BCUT2D eigenvalue weighted by atomic mass is 9.90. The molecule has 166 valence electrons. The standard InChI is InChI=1S/C25H29N5O2/c1-2-9-26-23(3-1)25-22(18-28-29-25)20-8-10-27-24(17-20)19-4-6-21(7-5-19)32-16-13-30-11-14-31-15-12-30/h1-10,17,22,25,28-29H,11-16,18H2. The SMILES string of the molecule is c1ccc(C2NNCC2c2ccnc(-c3ccc(OCCN4CCOCC4)cc3)c2)nc1. The van der Waals surface area contributed by atoms with E-state index >= 15 is 0 Å². The van der Waals surface area contributed by atoms with Crippen molar-refractivity contribution in [2.75, 3.05) is 46.0 Å². The van der Waals surface area contributed by atoms with E-state index in [2.05, 4.69) is 56.1 Å². The summed E-state index contributed by atoms with van der Waals surface area (Å²) in [5.74, 6) is 1.17. The predicted molar refractivity (Wildman–Crippen MR) is 123 cm³/mol. The molecule has 2 aliphatic heterocycles. The summed E-state index contributed by atoms with van der Waals surface area (Å²) in [5, 5.41) is 0. The molecule has 2 N–H and O–H groups in total. The zero-order valence-electron chi connectivity index (χ0n) is 18.1. The van der Waals surface area contributed by atoms with E-state index in [-0.39, 0.29) is 12.0 Å². The highest BCUT2D eigenvalue weighted by Crippen LogP contribution is 2.33. The molecule has 0 radical (unpaired) electrons. The molecule has 2 unspecified atom stereocenters. The van der Waals surface area contributed by atoms with Crippen molar-refractivity contribution in [3.8, 4) is 17.0 Å². The number of nitrogens with zero attached hydrogens (tertiary/aromatic N) is 3. The molecule has 2 aliphatic rings. The summed E-state index contributed by atoms with van der Waals surface area (Å²) >= 11 is 0. The molecule has 4 heterocycles. The Morgan fingerprint density at radius 3 is 2.69 bits per heavy atom. The normalized spacial score (nSPS) is 21.5. The number of nitrogens with one attached hydrogen (secondary N) is 2. The van der Waals surface area contributed by atoms with Crippen LogP contribution in [-0.2, 0) is 4.74 Å². The number of rotatable bonds is 7. The third-order valence-electron chi connectivity index (χ3n) is 6.13. The van der Waals surface area contributed by atoms with Crippen LogP contribution in [0.4, 0.5) is 0 Å². The zero-order valence-corrected chi connectivity index (χ0v) is 18.1. The van der Waals surface area contributed by atoms with Crippen LogP contribution in [0.15, 0.2) is 67.0 Å². The molecule has 2 aromatic heterocycles. The van der Waals surface area contributed by atoms with Crippen molar-refractivity contribution in [2.45, 2.75) is 12.0 Å². The van der Waals surface area contributed by atoms with Crippen LogP contribution in [-0.4, -0.2) is 60.9 Å². The Morgan fingerprint density at radius 2 is 1.88 bits per heavy atom. The Hall–Kier alpha value is -2.84. The van der Waals surface area contributed by atoms with Crippen LogP contribution in [0.5, 0.6) is 5.75 Å². The molecule has 3 aromatic rings. The molecule has 7 nitrogen and oxygen atoms in total. The Balaban J connectivity index is 1.24. The first-order valence-corrected chi connectivity index (χ1v) is 11.3. The molecule has 5 rings (SSSR count). The van der Waals surface area contributed by atoms with Gasteiger partial charge in [0.25, 0.3) is 0 Å². The van der Waals surface area contributed by atoms with Gasteiger partial charge in [-0.1, -0.05) is 6.07 Å². The van der Waals surface area contributed by atoms with Gasteiger partial charge < -0.3 is 9.47 Å². The van der Waals surface area contributed by atoms with Crippen molar-refractivity contribution in [2.24, 2.45) is 0 Å². The van der Waals surface area contributed by atoms with Crippen molar-refractivity contribution < 1.29 is 9.47 Å². The number of hydrogen-bond acceptors (Lipinski definition) is 7. The molecule has 0 amide bonds. The average Bonchev–Trinajstić information content (AvgIpc) is 3.36. The van der Waals surface area contributed by atoms with E-state index in [0.29, 0.717) is 6.61 Å². The van der Waals surface area contributed by atoms with Crippen LogP contribution in [0.1, 0.15) is 23.2 Å². The summed E-state index contributed by atoms with van der Waals surface area (Å²) in [7, 11) is 0. The monoisotopic (exact) mass is 431 g/mol. The van der Waals surface area contributed by atoms with Gasteiger partial charge in [-0.05, 0) is 54.1 Å². The fourth-order valence-electron chi connectivity index (χ4n) is 4.32. The summed E-state index contributed by atoms with van der Waals surface area (Å²) in [4.78, 5) is 11.5. The fourth-order valence-corrected chi connectivity index (χ4v) is 4.32. The summed E-state index contributed by atoms with van der Waals surface area (Å²) in [6.07, 6.45) is 3.74. The fraction of sp³-hybridized carbons (Fsp3) is 0.360. The molecule has 2 fully saturated rings. The Kier molecular flexibility index (Phi) is 6.69. The maximum atomic E-state index is 5.94. The van der Waals surface area contributed by atoms with Crippen molar-refractivity contribution >= 4 is 0 Å². The molecule has 0 aliphatic carbocycles. The second-order valence-electron chi connectivity index (χ2n) is 8.17. The first-order valence-electron chi connectivity index (χ1n) is 11.3. The highest BCUT2D eigenvalue weighted by molar-refractivity contribution is 5.61. The highest BCUT2D eigenvalue weighted by Gasteiger charge is 2.30. The Bertz CT molecular complexity index is 993. The minimum absolute atomic E-state index is 0.133. The van der Waals surface area contributed by atoms with Gasteiger partial charge in [0.05, 0.1) is 30.6 Å². The van der Waals surface area contributed by atoms with E-state index in [1.807, 2.05) is 36.7 Å². The van der Waals surface area contributed by atoms with Crippen LogP contribution in [0.25, 0.3) is 11.3 Å². The van der Waals surface area contributed by atoms with Crippen LogP contribution in [0, 0.1) is 0 Å². The Morgan fingerprint density at radius 1 is 1.00 bits per heavy atom. The molecule has 7 heteroatoms. The molecule has 32 heavy (non-hydrogen) atoms. The number of pyridine rings is 2. The average molecular weight is 432 g/mol. The van der Waals surface area contributed by atoms with Crippen LogP contribution >= 0.6 is 0 Å². The largest absolute Gasteiger partial charge is 0.492 e. The van der Waals surface area contributed by atoms with E-state index in [4.69, 9.17) is 9.47 Å². The van der Waals surface area contributed by atoms with Gasteiger partial charge in [0, 0.05) is 50.1 Å². The van der Waals surface area contributed by atoms with E-state index in [0.717, 1.165) is 62.1 Å². The van der Waals surface area contributed by atoms with E-state index in [1.54, 1.807) is 0 Å². The summed E-state index contributed by atoms with van der Waals surface area (Å²) < 4.78 is 11.3. The van der Waals surface area contributed by atoms with Gasteiger partial charge in [0.2, 0.25) is 0 Å². The topological polar surface area (TPSA) is 71.5 Å². The maximum Gasteiger partial charge on any atom is 0.119 e. The summed E-state index contributed by atoms with van der Waals surface area (Å²) in [6, 6.07) is 18.7. The van der Waals surface area contributed by atoms with Crippen molar-refractivity contribution in [3.63, 3.8) is 0 Å². The lowest BCUT2D eigenvalue weighted by Gasteiger charge is -2.26.